The number of ether oxygens (including phenoxy) is 1. The van der Waals surface area contributed by atoms with Gasteiger partial charge in [0, 0.05) is 16.6 Å². The van der Waals surface area contributed by atoms with Crippen LogP contribution in [0, 0.1) is 0 Å². The molecule has 1 aliphatic heterocycles. The molecule has 0 bridgehead atoms. The van der Waals surface area contributed by atoms with Gasteiger partial charge in [0.25, 0.3) is 0 Å². The van der Waals surface area contributed by atoms with Gasteiger partial charge in [0.1, 0.15) is 0 Å². The van der Waals surface area contributed by atoms with Gasteiger partial charge in [-0.15, -0.1) is 0 Å². The third-order valence-corrected chi connectivity index (χ3v) is 4.13. The van der Waals surface area contributed by atoms with E-state index in [0.29, 0.717) is 28.8 Å². The second-order valence-electron chi connectivity index (χ2n) is 4.91. The highest BCUT2D eigenvalue weighted by Crippen LogP contribution is 2.26. The molecule has 4 nitrogen and oxygen atoms in total. The molecule has 0 spiro atoms. The van der Waals surface area contributed by atoms with Gasteiger partial charge in [0.2, 0.25) is 5.91 Å². The van der Waals surface area contributed by atoms with Crippen LogP contribution in [0.25, 0.3) is 0 Å². The number of aliphatic hydroxyl groups excluding tert-OH is 1. The SMILES string of the molecule is CC1COC(CO)CN1C(=O)Cc1c(Cl)cccc1Cl. The summed E-state index contributed by atoms with van der Waals surface area (Å²) >= 11 is 12.2. The first-order chi connectivity index (χ1) is 9.52. The Morgan fingerprint density at radius 2 is 2.10 bits per heavy atom. The van der Waals surface area contributed by atoms with Crippen LogP contribution in [0.4, 0.5) is 0 Å². The smallest absolute Gasteiger partial charge is 0.227 e. The molecule has 1 aromatic carbocycles. The minimum Gasteiger partial charge on any atom is -0.394 e. The van der Waals surface area contributed by atoms with Crippen molar-refractivity contribution in [3.05, 3.63) is 33.8 Å². The lowest BCUT2D eigenvalue weighted by Crippen LogP contribution is -2.52. The molecular formula is C14H17Cl2NO3. The lowest BCUT2D eigenvalue weighted by Gasteiger charge is -2.37. The van der Waals surface area contributed by atoms with Crippen LogP contribution in [0.15, 0.2) is 18.2 Å². The predicted octanol–water partition coefficient (Wildman–Crippen LogP) is 2.14. The molecule has 1 saturated heterocycles. The summed E-state index contributed by atoms with van der Waals surface area (Å²) in [6.07, 6.45) is -0.169. The molecule has 1 N–H and O–H groups in total. The van der Waals surface area contributed by atoms with Crippen LogP contribution in [0.3, 0.4) is 0 Å². The zero-order valence-electron chi connectivity index (χ0n) is 11.2. The molecule has 1 aliphatic rings. The molecule has 0 saturated carbocycles. The van der Waals surface area contributed by atoms with Gasteiger partial charge in [0.05, 0.1) is 31.8 Å². The highest BCUT2D eigenvalue weighted by Gasteiger charge is 2.29. The summed E-state index contributed by atoms with van der Waals surface area (Å²) < 4.78 is 5.42. The van der Waals surface area contributed by atoms with E-state index in [0.717, 1.165) is 0 Å². The number of carbonyl (C=O) groups excluding carboxylic acids is 1. The lowest BCUT2D eigenvalue weighted by atomic mass is 10.1. The molecule has 110 valence electrons. The molecule has 1 amide bonds. The molecule has 2 rings (SSSR count). The van der Waals surface area contributed by atoms with Crippen LogP contribution >= 0.6 is 23.2 Å². The van der Waals surface area contributed by atoms with Gasteiger partial charge in [-0.1, -0.05) is 29.3 Å². The maximum absolute atomic E-state index is 12.4. The third kappa shape index (κ3) is 3.44. The minimum atomic E-state index is -0.322. The number of halogens is 2. The molecule has 1 heterocycles. The topological polar surface area (TPSA) is 49.8 Å². The maximum Gasteiger partial charge on any atom is 0.227 e. The molecule has 1 fully saturated rings. The van der Waals surface area contributed by atoms with E-state index < -0.39 is 0 Å². The van der Waals surface area contributed by atoms with E-state index in [4.69, 9.17) is 33.0 Å². The summed E-state index contributed by atoms with van der Waals surface area (Å²) in [7, 11) is 0. The number of aliphatic hydroxyl groups is 1. The van der Waals surface area contributed by atoms with Gasteiger partial charge in [0.15, 0.2) is 0 Å². The average molecular weight is 318 g/mol. The van der Waals surface area contributed by atoms with Crippen molar-refractivity contribution in [2.45, 2.75) is 25.5 Å². The van der Waals surface area contributed by atoms with Crippen molar-refractivity contribution in [2.75, 3.05) is 19.8 Å². The quantitative estimate of drug-likeness (QED) is 0.929. The molecule has 0 aromatic heterocycles. The number of morpholine rings is 1. The van der Waals surface area contributed by atoms with Crippen LogP contribution in [0.1, 0.15) is 12.5 Å². The van der Waals surface area contributed by atoms with Crippen LogP contribution in [-0.4, -0.2) is 47.8 Å². The third-order valence-electron chi connectivity index (χ3n) is 3.42. The Bertz CT molecular complexity index is 475. The van der Waals surface area contributed by atoms with Crippen molar-refractivity contribution in [3.63, 3.8) is 0 Å². The van der Waals surface area contributed by atoms with Crippen LogP contribution < -0.4 is 0 Å². The van der Waals surface area contributed by atoms with Gasteiger partial charge >= 0.3 is 0 Å². The molecule has 0 radical (unpaired) electrons. The van der Waals surface area contributed by atoms with Crippen LogP contribution in [-0.2, 0) is 16.0 Å². The Labute approximate surface area is 128 Å². The van der Waals surface area contributed by atoms with E-state index in [-0.39, 0.29) is 31.1 Å². The van der Waals surface area contributed by atoms with Crippen molar-refractivity contribution < 1.29 is 14.6 Å². The maximum atomic E-state index is 12.4. The highest BCUT2D eigenvalue weighted by molar-refractivity contribution is 6.36. The fraction of sp³-hybridized carbons (Fsp3) is 0.500. The number of rotatable bonds is 3. The summed E-state index contributed by atoms with van der Waals surface area (Å²) in [4.78, 5) is 14.1. The van der Waals surface area contributed by atoms with Gasteiger partial charge in [-0.2, -0.15) is 0 Å². The van der Waals surface area contributed by atoms with Crippen molar-refractivity contribution in [3.8, 4) is 0 Å². The van der Waals surface area contributed by atoms with E-state index >= 15 is 0 Å². The normalized spacial score (nSPS) is 22.9. The molecule has 1 aromatic rings. The predicted molar refractivity (Wildman–Crippen MR) is 78.2 cm³/mol. The molecule has 20 heavy (non-hydrogen) atoms. The molecule has 0 aliphatic carbocycles. The number of carbonyl (C=O) groups is 1. The minimum absolute atomic E-state index is 0.0217. The lowest BCUT2D eigenvalue weighted by molar-refractivity contribution is -0.145. The molecular weight excluding hydrogens is 301 g/mol. The number of benzene rings is 1. The standard InChI is InChI=1S/C14H17Cl2NO3/c1-9-8-20-10(7-18)6-17(9)14(19)5-11-12(15)3-2-4-13(11)16/h2-4,9-10,18H,5-8H2,1H3. The van der Waals surface area contributed by atoms with Gasteiger partial charge in [-0.25, -0.2) is 0 Å². The van der Waals surface area contributed by atoms with E-state index in [1.807, 2.05) is 6.92 Å². The van der Waals surface area contributed by atoms with Crippen molar-refractivity contribution in [1.82, 2.24) is 4.90 Å². The van der Waals surface area contributed by atoms with E-state index in [9.17, 15) is 4.79 Å². The van der Waals surface area contributed by atoms with Crippen molar-refractivity contribution in [1.29, 1.82) is 0 Å². The van der Waals surface area contributed by atoms with Gasteiger partial charge < -0.3 is 14.7 Å². The van der Waals surface area contributed by atoms with E-state index in [1.54, 1.807) is 23.1 Å². The number of nitrogens with zero attached hydrogens (tertiary/aromatic N) is 1. The summed E-state index contributed by atoms with van der Waals surface area (Å²) in [5, 5.41) is 10.1. The second kappa shape index (κ2) is 6.76. The Hall–Kier alpha value is -0.810. The number of hydrogen-bond acceptors (Lipinski definition) is 3. The first-order valence-corrected chi connectivity index (χ1v) is 7.23. The largest absolute Gasteiger partial charge is 0.394 e. The van der Waals surface area contributed by atoms with E-state index in [2.05, 4.69) is 0 Å². The second-order valence-corrected chi connectivity index (χ2v) is 5.72. The summed E-state index contributed by atoms with van der Waals surface area (Å²) in [6, 6.07) is 5.16. The first kappa shape index (κ1) is 15.6. The van der Waals surface area contributed by atoms with E-state index in [1.165, 1.54) is 0 Å². The van der Waals surface area contributed by atoms with Gasteiger partial charge in [-0.3, -0.25) is 4.79 Å². The Morgan fingerprint density at radius 3 is 2.70 bits per heavy atom. The summed E-state index contributed by atoms with van der Waals surface area (Å²) in [6.45, 7) is 2.63. The monoisotopic (exact) mass is 317 g/mol. The number of hydrogen-bond donors (Lipinski definition) is 1. The zero-order chi connectivity index (χ0) is 14.7. The van der Waals surface area contributed by atoms with Crippen molar-refractivity contribution in [2.24, 2.45) is 0 Å². The Kier molecular flexibility index (Phi) is 5.27. The molecule has 6 heteroatoms. The summed E-state index contributed by atoms with van der Waals surface area (Å²) in [5.74, 6) is -0.0609. The Balaban J connectivity index is 2.11. The van der Waals surface area contributed by atoms with Crippen LogP contribution in [0.5, 0.6) is 0 Å². The van der Waals surface area contributed by atoms with Crippen molar-refractivity contribution >= 4 is 29.1 Å². The number of amides is 1. The Morgan fingerprint density at radius 1 is 1.45 bits per heavy atom. The fourth-order valence-corrected chi connectivity index (χ4v) is 2.76. The zero-order valence-corrected chi connectivity index (χ0v) is 12.7. The molecule has 2 atom stereocenters. The summed E-state index contributed by atoms with van der Waals surface area (Å²) in [5.41, 5.74) is 0.639. The fourth-order valence-electron chi connectivity index (χ4n) is 2.23. The highest BCUT2D eigenvalue weighted by atomic mass is 35.5. The van der Waals surface area contributed by atoms with Gasteiger partial charge in [-0.05, 0) is 24.6 Å². The van der Waals surface area contributed by atoms with Crippen LogP contribution in [0.2, 0.25) is 10.0 Å². The first-order valence-electron chi connectivity index (χ1n) is 6.47. The molecule has 2 unspecified atom stereocenters. The average Bonchev–Trinajstić information content (AvgIpc) is 2.43.